The van der Waals surface area contributed by atoms with Gasteiger partial charge in [0.1, 0.15) is 5.75 Å². The number of aromatic hydroxyl groups is 1. The number of rotatable bonds is 3. The topological polar surface area (TPSA) is 44.3 Å². The second-order valence-corrected chi connectivity index (χ2v) is 4.90. The van der Waals surface area contributed by atoms with E-state index in [0.29, 0.717) is 17.7 Å². The molecule has 1 atom stereocenters. The molecule has 0 saturated carbocycles. The summed E-state index contributed by atoms with van der Waals surface area (Å²) in [7, 11) is 0. The summed E-state index contributed by atoms with van der Waals surface area (Å²) in [5.74, 6) is 1.03. The summed E-state index contributed by atoms with van der Waals surface area (Å²) >= 11 is 0. The molecule has 1 aliphatic heterocycles. The van der Waals surface area contributed by atoms with E-state index in [-0.39, 0.29) is 0 Å². The summed E-state index contributed by atoms with van der Waals surface area (Å²) in [4.78, 5) is 0. The molecule has 3 heteroatoms. The highest BCUT2D eigenvalue weighted by molar-refractivity contribution is 5.63. The van der Waals surface area contributed by atoms with Crippen molar-refractivity contribution in [3.8, 4) is 5.75 Å². The Kier molecular flexibility index (Phi) is 3.34. The molecular weight excluding hydrogens is 200 g/mol. The number of para-hydroxylation sites is 1. The van der Waals surface area contributed by atoms with E-state index in [4.69, 9.17) is 0 Å². The van der Waals surface area contributed by atoms with Crippen LogP contribution in [-0.2, 0) is 6.42 Å². The van der Waals surface area contributed by atoms with Crippen molar-refractivity contribution in [1.82, 2.24) is 5.32 Å². The van der Waals surface area contributed by atoms with Gasteiger partial charge in [-0.05, 0) is 30.5 Å². The van der Waals surface area contributed by atoms with Crippen LogP contribution < -0.4 is 10.6 Å². The van der Waals surface area contributed by atoms with Gasteiger partial charge in [0.15, 0.2) is 0 Å². The zero-order valence-corrected chi connectivity index (χ0v) is 9.96. The van der Waals surface area contributed by atoms with Crippen molar-refractivity contribution < 1.29 is 5.11 Å². The van der Waals surface area contributed by atoms with Gasteiger partial charge in [0, 0.05) is 12.6 Å². The summed E-state index contributed by atoms with van der Waals surface area (Å²) < 4.78 is 0. The van der Waals surface area contributed by atoms with Crippen LogP contribution in [0, 0.1) is 5.92 Å². The maximum Gasteiger partial charge on any atom is 0.138 e. The van der Waals surface area contributed by atoms with Crippen molar-refractivity contribution in [3.63, 3.8) is 0 Å². The summed E-state index contributed by atoms with van der Waals surface area (Å²) in [5, 5.41) is 16.5. The summed E-state index contributed by atoms with van der Waals surface area (Å²) in [6.07, 6.45) is 0.990. The fourth-order valence-corrected chi connectivity index (χ4v) is 2.07. The van der Waals surface area contributed by atoms with Crippen molar-refractivity contribution in [2.75, 3.05) is 18.4 Å². The van der Waals surface area contributed by atoms with E-state index in [0.717, 1.165) is 25.2 Å². The standard InChI is InChI=1S/C13H20N2O/c1-9(2)7-14-11-6-10-4-3-5-12(16)13(10)15-8-11/h3-5,9,11,14-16H,6-8H2,1-2H3. The fraction of sp³-hybridized carbons (Fsp3) is 0.538. The Balaban J connectivity index is 2.01. The summed E-state index contributed by atoms with van der Waals surface area (Å²) in [6, 6.07) is 6.18. The molecule has 1 heterocycles. The number of benzene rings is 1. The molecule has 0 aromatic heterocycles. The molecule has 0 amide bonds. The third kappa shape index (κ3) is 2.47. The highest BCUT2D eigenvalue weighted by atomic mass is 16.3. The molecule has 1 unspecified atom stereocenters. The molecule has 0 saturated heterocycles. The maximum atomic E-state index is 9.68. The second kappa shape index (κ2) is 4.74. The molecule has 0 radical (unpaired) electrons. The molecule has 3 nitrogen and oxygen atoms in total. The largest absolute Gasteiger partial charge is 0.506 e. The van der Waals surface area contributed by atoms with Gasteiger partial charge >= 0.3 is 0 Å². The van der Waals surface area contributed by atoms with E-state index >= 15 is 0 Å². The Labute approximate surface area is 96.9 Å². The van der Waals surface area contributed by atoms with Gasteiger partial charge in [0.2, 0.25) is 0 Å². The van der Waals surface area contributed by atoms with Gasteiger partial charge in [0.05, 0.1) is 5.69 Å². The molecular formula is C13H20N2O. The minimum Gasteiger partial charge on any atom is -0.506 e. The Hall–Kier alpha value is -1.22. The van der Waals surface area contributed by atoms with Crippen molar-refractivity contribution >= 4 is 5.69 Å². The van der Waals surface area contributed by atoms with Gasteiger partial charge in [-0.15, -0.1) is 0 Å². The van der Waals surface area contributed by atoms with Gasteiger partial charge < -0.3 is 15.7 Å². The predicted molar refractivity (Wildman–Crippen MR) is 66.9 cm³/mol. The summed E-state index contributed by atoms with van der Waals surface area (Å²) in [5.41, 5.74) is 2.11. The molecule has 0 spiro atoms. The Morgan fingerprint density at radius 3 is 3.06 bits per heavy atom. The molecule has 16 heavy (non-hydrogen) atoms. The summed E-state index contributed by atoms with van der Waals surface area (Å²) in [6.45, 7) is 6.35. The van der Waals surface area contributed by atoms with E-state index < -0.39 is 0 Å². The van der Waals surface area contributed by atoms with Gasteiger partial charge in [-0.25, -0.2) is 0 Å². The van der Waals surface area contributed by atoms with Gasteiger partial charge in [-0.1, -0.05) is 26.0 Å². The number of hydrogen-bond donors (Lipinski definition) is 3. The molecule has 0 bridgehead atoms. The van der Waals surface area contributed by atoms with E-state index in [2.05, 4.69) is 30.5 Å². The Morgan fingerprint density at radius 2 is 2.31 bits per heavy atom. The molecule has 3 N–H and O–H groups in total. The first-order valence-electron chi connectivity index (χ1n) is 5.95. The first kappa shape index (κ1) is 11.3. The van der Waals surface area contributed by atoms with Crippen LogP contribution in [0.1, 0.15) is 19.4 Å². The quantitative estimate of drug-likeness (QED) is 0.682. The number of nitrogens with one attached hydrogen (secondary N) is 2. The van der Waals surface area contributed by atoms with Crippen LogP contribution >= 0.6 is 0 Å². The van der Waals surface area contributed by atoms with E-state index in [1.165, 1.54) is 5.56 Å². The van der Waals surface area contributed by atoms with Gasteiger partial charge in [-0.2, -0.15) is 0 Å². The monoisotopic (exact) mass is 220 g/mol. The zero-order valence-electron chi connectivity index (χ0n) is 9.96. The van der Waals surface area contributed by atoms with Gasteiger partial charge in [0.25, 0.3) is 0 Å². The number of phenolic OH excluding ortho intramolecular Hbond substituents is 1. The van der Waals surface area contributed by atoms with Crippen LogP contribution in [0.4, 0.5) is 5.69 Å². The molecule has 1 aromatic rings. The van der Waals surface area contributed by atoms with Crippen molar-refractivity contribution in [2.45, 2.75) is 26.3 Å². The van der Waals surface area contributed by atoms with E-state index in [9.17, 15) is 5.11 Å². The van der Waals surface area contributed by atoms with E-state index in [1.807, 2.05) is 6.07 Å². The lowest BCUT2D eigenvalue weighted by Gasteiger charge is -2.28. The normalized spacial score (nSPS) is 19.3. The molecule has 1 aromatic carbocycles. The van der Waals surface area contributed by atoms with E-state index in [1.54, 1.807) is 6.07 Å². The van der Waals surface area contributed by atoms with Crippen molar-refractivity contribution in [2.24, 2.45) is 5.92 Å². The van der Waals surface area contributed by atoms with Crippen molar-refractivity contribution in [3.05, 3.63) is 23.8 Å². The molecule has 2 rings (SSSR count). The first-order chi connectivity index (χ1) is 7.66. The second-order valence-electron chi connectivity index (χ2n) is 4.90. The zero-order chi connectivity index (χ0) is 11.5. The van der Waals surface area contributed by atoms with Crippen LogP contribution in [0.15, 0.2) is 18.2 Å². The maximum absolute atomic E-state index is 9.68. The lowest BCUT2D eigenvalue weighted by Crippen LogP contribution is -2.41. The average Bonchev–Trinajstić information content (AvgIpc) is 2.26. The third-order valence-corrected chi connectivity index (χ3v) is 2.94. The minimum absolute atomic E-state index is 0.361. The third-order valence-electron chi connectivity index (χ3n) is 2.94. The number of hydrogen-bond acceptors (Lipinski definition) is 3. The van der Waals surface area contributed by atoms with Crippen LogP contribution in [0.5, 0.6) is 5.75 Å². The molecule has 0 fully saturated rings. The van der Waals surface area contributed by atoms with Crippen LogP contribution in [-0.4, -0.2) is 24.2 Å². The average molecular weight is 220 g/mol. The molecule has 88 valence electrons. The van der Waals surface area contributed by atoms with Crippen LogP contribution in [0.3, 0.4) is 0 Å². The predicted octanol–water partition coefficient (Wildman–Crippen LogP) is 1.97. The minimum atomic E-state index is 0.361. The Bertz CT molecular complexity index is 363. The fourth-order valence-electron chi connectivity index (χ4n) is 2.07. The SMILES string of the molecule is CC(C)CNC1CNc2c(O)cccc2C1. The lowest BCUT2D eigenvalue weighted by molar-refractivity contribution is 0.454. The van der Waals surface area contributed by atoms with Gasteiger partial charge in [-0.3, -0.25) is 0 Å². The highest BCUT2D eigenvalue weighted by Crippen LogP contribution is 2.30. The smallest absolute Gasteiger partial charge is 0.138 e. The van der Waals surface area contributed by atoms with Crippen LogP contribution in [0.2, 0.25) is 0 Å². The van der Waals surface area contributed by atoms with Crippen LogP contribution in [0.25, 0.3) is 0 Å². The Morgan fingerprint density at radius 1 is 1.50 bits per heavy atom. The number of phenols is 1. The lowest BCUT2D eigenvalue weighted by atomic mass is 9.99. The number of anilines is 1. The highest BCUT2D eigenvalue weighted by Gasteiger charge is 2.19. The van der Waals surface area contributed by atoms with Crippen molar-refractivity contribution in [1.29, 1.82) is 0 Å². The molecule has 1 aliphatic rings. The number of fused-ring (bicyclic) bond motifs is 1. The first-order valence-corrected chi connectivity index (χ1v) is 5.95. The molecule has 0 aliphatic carbocycles.